The largest absolute Gasteiger partial charge is 0.339 e. The lowest BCUT2D eigenvalue weighted by Crippen LogP contribution is -2.00. The molecule has 0 saturated carbocycles. The van der Waals surface area contributed by atoms with E-state index in [1.54, 1.807) is 0 Å². The molecule has 2 nitrogen and oxygen atoms in total. The molecule has 0 unspecified atom stereocenters. The minimum Gasteiger partial charge on any atom is -0.339 e. The summed E-state index contributed by atoms with van der Waals surface area (Å²) >= 11 is 6.14. The van der Waals surface area contributed by atoms with Crippen molar-refractivity contribution < 1.29 is 0 Å². The number of aryl methyl sites for hydroxylation is 3. The molecule has 3 aromatic rings. The van der Waals surface area contributed by atoms with Crippen LogP contribution in [0.25, 0.3) is 10.8 Å². The van der Waals surface area contributed by atoms with E-state index in [4.69, 9.17) is 11.6 Å². The fourth-order valence-electron chi connectivity index (χ4n) is 2.76. The van der Waals surface area contributed by atoms with Gasteiger partial charge in [-0.1, -0.05) is 53.6 Å². The van der Waals surface area contributed by atoms with Gasteiger partial charge in [-0.3, -0.25) is 0 Å². The van der Waals surface area contributed by atoms with E-state index in [0.29, 0.717) is 5.15 Å². The normalized spacial score (nSPS) is 10.9. The fraction of sp³-hybridized carbons (Fsp3) is 0.167. The average molecular weight is 297 g/mol. The zero-order valence-corrected chi connectivity index (χ0v) is 13.1. The van der Waals surface area contributed by atoms with Crippen LogP contribution in [0.5, 0.6) is 0 Å². The first-order chi connectivity index (χ1) is 10.0. The quantitative estimate of drug-likeness (QED) is 0.626. The summed E-state index contributed by atoms with van der Waals surface area (Å²) in [5.41, 5.74) is 4.77. The van der Waals surface area contributed by atoms with E-state index in [-0.39, 0.29) is 0 Å². The van der Waals surface area contributed by atoms with Crippen LogP contribution >= 0.6 is 11.6 Å². The summed E-state index contributed by atoms with van der Waals surface area (Å²) in [4.78, 5) is 4.46. The van der Waals surface area contributed by atoms with Crippen LogP contribution < -0.4 is 5.32 Å². The molecule has 1 aromatic heterocycles. The highest BCUT2D eigenvalue weighted by Gasteiger charge is 2.09. The van der Waals surface area contributed by atoms with Gasteiger partial charge in [0.25, 0.3) is 0 Å². The van der Waals surface area contributed by atoms with Crippen molar-refractivity contribution in [3.8, 4) is 0 Å². The average Bonchev–Trinajstić information content (AvgIpc) is 2.42. The van der Waals surface area contributed by atoms with Gasteiger partial charge in [0.05, 0.1) is 0 Å². The number of benzene rings is 2. The molecule has 3 rings (SSSR count). The first-order valence-electron chi connectivity index (χ1n) is 6.95. The second-order valence-corrected chi connectivity index (χ2v) is 5.80. The van der Waals surface area contributed by atoms with Crippen molar-refractivity contribution in [2.45, 2.75) is 20.8 Å². The molecular weight excluding hydrogens is 280 g/mol. The summed E-state index contributed by atoms with van der Waals surface area (Å²) in [7, 11) is 0. The van der Waals surface area contributed by atoms with E-state index in [1.807, 2.05) is 24.3 Å². The van der Waals surface area contributed by atoms with Crippen molar-refractivity contribution in [3.05, 3.63) is 64.3 Å². The summed E-state index contributed by atoms with van der Waals surface area (Å²) < 4.78 is 0. The van der Waals surface area contributed by atoms with E-state index in [9.17, 15) is 0 Å². The maximum Gasteiger partial charge on any atom is 0.140 e. The van der Waals surface area contributed by atoms with Crippen LogP contribution in [0, 0.1) is 20.8 Å². The third-order valence-electron chi connectivity index (χ3n) is 3.63. The zero-order valence-electron chi connectivity index (χ0n) is 12.4. The van der Waals surface area contributed by atoms with Crippen LogP contribution in [-0.4, -0.2) is 4.98 Å². The molecule has 0 aliphatic rings. The third-order valence-corrected chi connectivity index (χ3v) is 3.82. The number of anilines is 2. The van der Waals surface area contributed by atoms with Crippen molar-refractivity contribution in [3.63, 3.8) is 0 Å². The second-order valence-electron chi connectivity index (χ2n) is 5.41. The van der Waals surface area contributed by atoms with Gasteiger partial charge in [0.2, 0.25) is 0 Å². The van der Waals surface area contributed by atoms with E-state index in [1.165, 1.54) is 16.7 Å². The highest BCUT2D eigenvalue weighted by molar-refractivity contribution is 6.30. The number of aromatic nitrogens is 1. The SMILES string of the molecule is Cc1cc(C)c(Nc2nc(Cl)cc3ccccc23)c(C)c1. The standard InChI is InChI=1S/C18H17ClN2/c1-11-8-12(2)17(13(3)9-11)21-18-15-7-5-4-6-14(15)10-16(19)20-18/h4-10H,1-3H3,(H,20,21). The molecule has 0 saturated heterocycles. The van der Waals surface area contributed by atoms with Gasteiger partial charge in [0.1, 0.15) is 11.0 Å². The number of nitrogens with one attached hydrogen (secondary N) is 1. The van der Waals surface area contributed by atoms with E-state index in [2.05, 4.69) is 49.3 Å². The Labute approximate surface area is 129 Å². The summed E-state index contributed by atoms with van der Waals surface area (Å²) in [5, 5.41) is 6.11. The van der Waals surface area contributed by atoms with E-state index < -0.39 is 0 Å². The summed E-state index contributed by atoms with van der Waals surface area (Å²) in [5.74, 6) is 0.799. The van der Waals surface area contributed by atoms with Crippen molar-refractivity contribution >= 4 is 33.9 Å². The molecule has 0 atom stereocenters. The lowest BCUT2D eigenvalue weighted by Gasteiger charge is -2.15. The van der Waals surface area contributed by atoms with Crippen LogP contribution in [0.3, 0.4) is 0 Å². The number of fused-ring (bicyclic) bond motifs is 1. The first kappa shape index (κ1) is 13.9. The highest BCUT2D eigenvalue weighted by atomic mass is 35.5. The van der Waals surface area contributed by atoms with E-state index >= 15 is 0 Å². The Morgan fingerprint density at radius 1 is 0.952 bits per heavy atom. The van der Waals surface area contributed by atoms with Crippen molar-refractivity contribution in [2.24, 2.45) is 0 Å². The van der Waals surface area contributed by atoms with Gasteiger partial charge < -0.3 is 5.32 Å². The Kier molecular flexibility index (Phi) is 3.56. The summed E-state index contributed by atoms with van der Waals surface area (Å²) in [6, 6.07) is 14.3. The fourth-order valence-corrected chi connectivity index (χ4v) is 2.96. The molecule has 3 heteroatoms. The van der Waals surface area contributed by atoms with Crippen LogP contribution in [0.4, 0.5) is 11.5 Å². The summed E-state index contributed by atoms with van der Waals surface area (Å²) in [6.45, 7) is 6.32. The topological polar surface area (TPSA) is 24.9 Å². The minimum atomic E-state index is 0.499. The molecule has 106 valence electrons. The predicted octanol–water partition coefficient (Wildman–Crippen LogP) is 5.56. The van der Waals surface area contributed by atoms with Crippen molar-refractivity contribution in [1.29, 1.82) is 0 Å². The maximum atomic E-state index is 6.14. The molecule has 1 heterocycles. The number of hydrogen-bond donors (Lipinski definition) is 1. The van der Waals surface area contributed by atoms with Crippen molar-refractivity contribution in [1.82, 2.24) is 4.98 Å². The Bertz CT molecular complexity index is 802. The number of hydrogen-bond acceptors (Lipinski definition) is 2. The van der Waals surface area contributed by atoms with Gasteiger partial charge in [-0.25, -0.2) is 4.98 Å². The smallest absolute Gasteiger partial charge is 0.140 e. The van der Waals surface area contributed by atoms with Crippen LogP contribution in [-0.2, 0) is 0 Å². The maximum absolute atomic E-state index is 6.14. The Morgan fingerprint density at radius 2 is 1.62 bits per heavy atom. The van der Waals surface area contributed by atoms with Crippen LogP contribution in [0.15, 0.2) is 42.5 Å². The number of rotatable bonds is 2. The third kappa shape index (κ3) is 2.72. The van der Waals surface area contributed by atoms with Gasteiger partial charge in [-0.2, -0.15) is 0 Å². The lowest BCUT2D eigenvalue weighted by atomic mass is 10.0. The van der Waals surface area contributed by atoms with Crippen molar-refractivity contribution in [2.75, 3.05) is 5.32 Å². The molecule has 0 amide bonds. The van der Waals surface area contributed by atoms with Gasteiger partial charge in [0, 0.05) is 11.1 Å². The molecule has 0 bridgehead atoms. The van der Waals surface area contributed by atoms with Gasteiger partial charge in [0.15, 0.2) is 0 Å². The second kappa shape index (κ2) is 5.38. The molecular formula is C18H17ClN2. The van der Waals surface area contributed by atoms with E-state index in [0.717, 1.165) is 22.3 Å². The van der Waals surface area contributed by atoms with Gasteiger partial charge in [-0.05, 0) is 43.4 Å². The number of pyridine rings is 1. The summed E-state index contributed by atoms with van der Waals surface area (Å²) in [6.07, 6.45) is 0. The Balaban J connectivity index is 2.15. The molecule has 21 heavy (non-hydrogen) atoms. The number of nitrogens with zero attached hydrogens (tertiary/aromatic N) is 1. The lowest BCUT2D eigenvalue weighted by molar-refractivity contribution is 1.28. The van der Waals surface area contributed by atoms with Crippen LogP contribution in [0.1, 0.15) is 16.7 Å². The van der Waals surface area contributed by atoms with Gasteiger partial charge in [-0.15, -0.1) is 0 Å². The zero-order chi connectivity index (χ0) is 15.0. The molecule has 1 N–H and O–H groups in total. The highest BCUT2D eigenvalue weighted by Crippen LogP contribution is 2.30. The van der Waals surface area contributed by atoms with Gasteiger partial charge >= 0.3 is 0 Å². The van der Waals surface area contributed by atoms with Crippen LogP contribution in [0.2, 0.25) is 5.15 Å². The monoisotopic (exact) mass is 296 g/mol. The Hall–Kier alpha value is -2.06. The Morgan fingerprint density at radius 3 is 2.33 bits per heavy atom. The molecule has 0 aliphatic heterocycles. The minimum absolute atomic E-state index is 0.499. The molecule has 0 radical (unpaired) electrons. The predicted molar refractivity (Wildman–Crippen MR) is 90.7 cm³/mol. The molecule has 0 fully saturated rings. The first-order valence-corrected chi connectivity index (χ1v) is 7.32. The number of halogens is 1. The molecule has 0 aliphatic carbocycles. The molecule has 2 aromatic carbocycles. The molecule has 0 spiro atoms.